The van der Waals surface area contributed by atoms with E-state index in [1.165, 1.54) is 12.1 Å². The summed E-state index contributed by atoms with van der Waals surface area (Å²) in [5.41, 5.74) is 1.67. The number of benzene rings is 2. The second-order valence-corrected chi connectivity index (χ2v) is 16.3. The van der Waals surface area contributed by atoms with Crippen LogP contribution in [0.2, 0.25) is 22.5 Å². The van der Waals surface area contributed by atoms with Gasteiger partial charge in [-0.3, -0.25) is 9.59 Å². The lowest BCUT2D eigenvalue weighted by Gasteiger charge is -2.36. The lowest BCUT2D eigenvalue weighted by atomic mass is 10.1. The molecule has 0 atom stereocenters. The van der Waals surface area contributed by atoms with Crippen LogP contribution in [-0.4, -0.2) is 33.3 Å². The van der Waals surface area contributed by atoms with Crippen LogP contribution in [0.4, 0.5) is 21.5 Å². The minimum absolute atomic E-state index is 0.0713. The van der Waals surface area contributed by atoms with Crippen molar-refractivity contribution in [1.82, 2.24) is 0 Å². The molecule has 1 heterocycles. The Labute approximate surface area is 221 Å². The molecular weight excluding hydrogens is 517 g/mol. The third-order valence-corrected chi connectivity index (χ3v) is 11.9. The van der Waals surface area contributed by atoms with Crippen LogP contribution in [0.3, 0.4) is 0 Å². The van der Waals surface area contributed by atoms with Gasteiger partial charge in [0, 0.05) is 17.9 Å². The number of nitrogens with one attached hydrogen (secondary N) is 3. The van der Waals surface area contributed by atoms with Crippen molar-refractivity contribution in [3.8, 4) is 0 Å². The molecule has 0 unspecified atom stereocenters. The van der Waals surface area contributed by atoms with E-state index < -0.39 is 25.9 Å². The number of amides is 2. The van der Waals surface area contributed by atoms with E-state index in [1.807, 2.05) is 12.1 Å². The molecule has 3 aromatic rings. The molecule has 0 saturated heterocycles. The summed E-state index contributed by atoms with van der Waals surface area (Å²) in [7, 11) is -1.78. The van der Waals surface area contributed by atoms with Crippen molar-refractivity contribution in [2.24, 2.45) is 0 Å². The molecule has 6 nitrogen and oxygen atoms in total. The van der Waals surface area contributed by atoms with Crippen LogP contribution in [0.25, 0.3) is 0 Å². The molecule has 0 aliphatic heterocycles. The molecule has 0 aliphatic rings. The van der Waals surface area contributed by atoms with E-state index in [2.05, 4.69) is 49.8 Å². The average molecular weight is 548 g/mol. The first-order valence-electron chi connectivity index (χ1n) is 11.5. The van der Waals surface area contributed by atoms with Gasteiger partial charge in [0.1, 0.15) is 5.82 Å². The van der Waals surface area contributed by atoms with E-state index in [0.717, 1.165) is 23.1 Å². The molecule has 0 spiro atoms. The molecule has 36 heavy (non-hydrogen) atoms. The van der Waals surface area contributed by atoms with Gasteiger partial charge in [0.15, 0.2) is 8.32 Å². The SMILES string of the molecule is CC(C)(C)[Si](C)(C)OCCNc1ccc(NC(=O)c2ccc(F)cc2NC(=O)c2ccc(Cl)s2)cc1. The largest absolute Gasteiger partial charge is 0.415 e. The van der Waals surface area contributed by atoms with Gasteiger partial charge in [0.25, 0.3) is 11.8 Å². The van der Waals surface area contributed by atoms with E-state index in [1.54, 1.807) is 24.3 Å². The highest BCUT2D eigenvalue weighted by molar-refractivity contribution is 7.18. The van der Waals surface area contributed by atoms with Crippen molar-refractivity contribution in [3.63, 3.8) is 0 Å². The zero-order chi connectivity index (χ0) is 26.5. The second kappa shape index (κ2) is 11.6. The first kappa shape index (κ1) is 27.9. The quantitative estimate of drug-likeness (QED) is 0.192. The van der Waals surface area contributed by atoms with Gasteiger partial charge in [-0.2, -0.15) is 0 Å². The molecule has 2 amide bonds. The van der Waals surface area contributed by atoms with Crippen molar-refractivity contribution in [3.05, 3.63) is 75.2 Å². The summed E-state index contributed by atoms with van der Waals surface area (Å²) in [5.74, 6) is -1.52. The third-order valence-electron chi connectivity index (χ3n) is 6.11. The summed E-state index contributed by atoms with van der Waals surface area (Å²) in [6.07, 6.45) is 0. The number of hydrogen-bond donors (Lipinski definition) is 3. The molecule has 10 heteroatoms. The molecule has 3 N–H and O–H groups in total. The molecule has 0 aliphatic carbocycles. The normalized spacial score (nSPS) is 11.8. The highest BCUT2D eigenvalue weighted by Gasteiger charge is 2.36. The van der Waals surface area contributed by atoms with Crippen molar-refractivity contribution in [2.45, 2.75) is 38.9 Å². The molecule has 0 saturated carbocycles. The van der Waals surface area contributed by atoms with Crippen molar-refractivity contribution in [2.75, 3.05) is 29.1 Å². The Hall–Kier alpha value is -2.72. The molecule has 0 fully saturated rings. The topological polar surface area (TPSA) is 79.5 Å². The zero-order valence-corrected chi connectivity index (χ0v) is 23.6. The van der Waals surface area contributed by atoms with Gasteiger partial charge in [0.05, 0.1) is 27.1 Å². The molecule has 3 rings (SSSR count). The van der Waals surface area contributed by atoms with E-state index in [-0.39, 0.29) is 16.3 Å². The first-order chi connectivity index (χ1) is 16.9. The second-order valence-electron chi connectivity index (χ2n) is 9.81. The smallest absolute Gasteiger partial charge is 0.265 e. The average Bonchev–Trinajstić information content (AvgIpc) is 3.23. The maximum Gasteiger partial charge on any atom is 0.265 e. The Balaban J connectivity index is 1.59. The van der Waals surface area contributed by atoms with Gasteiger partial charge >= 0.3 is 0 Å². The Kier molecular flexibility index (Phi) is 8.94. The monoisotopic (exact) mass is 547 g/mol. The third kappa shape index (κ3) is 7.39. The first-order valence-corrected chi connectivity index (χ1v) is 15.6. The number of carbonyl (C=O) groups excluding carboxylic acids is 2. The van der Waals surface area contributed by atoms with Gasteiger partial charge in [-0.1, -0.05) is 32.4 Å². The predicted octanol–water partition coefficient (Wildman–Crippen LogP) is 7.48. The molecule has 0 radical (unpaired) electrons. The Morgan fingerprint density at radius 2 is 1.64 bits per heavy atom. The maximum atomic E-state index is 13.9. The van der Waals surface area contributed by atoms with Gasteiger partial charge in [-0.15, -0.1) is 11.3 Å². The predicted molar refractivity (Wildman–Crippen MR) is 150 cm³/mol. The standard InChI is InChI=1S/C26H31ClFN3O3SSi/c1-26(2,3)36(4,5)34-15-14-29-18-7-9-19(10-8-18)30-24(32)20-11-6-17(28)16-21(20)31-25(33)22-12-13-23(27)35-22/h6-13,16,29H,14-15H2,1-5H3,(H,30,32)(H,31,33). The maximum absolute atomic E-state index is 13.9. The lowest BCUT2D eigenvalue weighted by Crippen LogP contribution is -2.41. The van der Waals surface area contributed by atoms with Crippen LogP contribution in [0.1, 0.15) is 40.8 Å². The Morgan fingerprint density at radius 3 is 2.25 bits per heavy atom. The number of rotatable bonds is 9. The Morgan fingerprint density at radius 1 is 0.972 bits per heavy atom. The summed E-state index contributed by atoms with van der Waals surface area (Å²) in [6, 6.07) is 14.0. The fraction of sp³-hybridized carbons (Fsp3) is 0.308. The van der Waals surface area contributed by atoms with Crippen molar-refractivity contribution >= 4 is 60.1 Å². The fourth-order valence-corrected chi connectivity index (χ4v) is 5.01. The zero-order valence-electron chi connectivity index (χ0n) is 21.0. The highest BCUT2D eigenvalue weighted by atomic mass is 35.5. The lowest BCUT2D eigenvalue weighted by molar-refractivity contribution is 0.102. The van der Waals surface area contributed by atoms with Crippen molar-refractivity contribution in [1.29, 1.82) is 0 Å². The van der Waals surface area contributed by atoms with E-state index in [9.17, 15) is 14.0 Å². The van der Waals surface area contributed by atoms with Gasteiger partial charge in [0.2, 0.25) is 0 Å². The number of hydrogen-bond acceptors (Lipinski definition) is 5. The van der Waals surface area contributed by atoms with Crippen LogP contribution in [0, 0.1) is 5.82 Å². The molecule has 0 bridgehead atoms. The number of anilines is 3. The molecular formula is C26H31ClFN3O3SSi. The minimum atomic E-state index is -1.78. The van der Waals surface area contributed by atoms with Crippen LogP contribution in [0.15, 0.2) is 54.6 Å². The molecule has 192 valence electrons. The summed E-state index contributed by atoms with van der Waals surface area (Å²) < 4.78 is 20.5. The van der Waals surface area contributed by atoms with Crippen LogP contribution in [-0.2, 0) is 4.43 Å². The van der Waals surface area contributed by atoms with Crippen LogP contribution in [0.5, 0.6) is 0 Å². The highest BCUT2D eigenvalue weighted by Crippen LogP contribution is 2.36. The van der Waals surface area contributed by atoms with E-state index in [0.29, 0.717) is 28.1 Å². The summed E-state index contributed by atoms with van der Waals surface area (Å²) in [5, 5.41) is 8.87. The number of carbonyl (C=O) groups is 2. The van der Waals surface area contributed by atoms with Gasteiger partial charge < -0.3 is 20.4 Å². The number of thiophene rings is 1. The van der Waals surface area contributed by atoms with E-state index in [4.69, 9.17) is 16.0 Å². The van der Waals surface area contributed by atoms with Crippen molar-refractivity contribution < 1.29 is 18.4 Å². The Bertz CT molecular complexity index is 1230. The molecule has 2 aromatic carbocycles. The molecule has 1 aromatic heterocycles. The number of halogens is 2. The van der Waals surface area contributed by atoms with Crippen LogP contribution < -0.4 is 16.0 Å². The summed E-state index contributed by atoms with van der Waals surface area (Å²) in [4.78, 5) is 25.8. The van der Waals surface area contributed by atoms with E-state index >= 15 is 0 Å². The fourth-order valence-electron chi connectivity index (χ4n) is 3.03. The minimum Gasteiger partial charge on any atom is -0.415 e. The van der Waals surface area contributed by atoms with Gasteiger partial charge in [-0.25, -0.2) is 4.39 Å². The summed E-state index contributed by atoms with van der Waals surface area (Å²) in [6.45, 7) is 12.4. The summed E-state index contributed by atoms with van der Waals surface area (Å²) >= 11 is 6.98. The van der Waals surface area contributed by atoms with Gasteiger partial charge in [-0.05, 0) is 72.7 Å². The van der Waals surface area contributed by atoms with Crippen LogP contribution >= 0.6 is 22.9 Å².